The molecule has 0 aliphatic carbocycles. The minimum atomic E-state index is -0.546. The standard InChI is InChI=1S/C18H15ClN2O4/c1-12-5-7-13(8-6-12)18-20-16(25-21-18)10-24-17(22)11-23-15-4-2-3-14(19)9-15/h2-9H,10-11H2,1H3. The summed E-state index contributed by atoms with van der Waals surface area (Å²) in [7, 11) is 0. The van der Waals surface area contributed by atoms with Gasteiger partial charge in [0.25, 0.3) is 5.89 Å². The van der Waals surface area contributed by atoms with Crippen molar-refractivity contribution in [1.29, 1.82) is 0 Å². The smallest absolute Gasteiger partial charge is 0.344 e. The van der Waals surface area contributed by atoms with Gasteiger partial charge < -0.3 is 14.0 Å². The summed E-state index contributed by atoms with van der Waals surface area (Å²) in [5.74, 6) is 0.604. The summed E-state index contributed by atoms with van der Waals surface area (Å²) in [6.45, 7) is 1.65. The zero-order valence-electron chi connectivity index (χ0n) is 13.4. The van der Waals surface area contributed by atoms with Crippen molar-refractivity contribution >= 4 is 17.6 Å². The van der Waals surface area contributed by atoms with Gasteiger partial charge in [0.05, 0.1) is 0 Å². The fourth-order valence-electron chi connectivity index (χ4n) is 2.02. The SMILES string of the molecule is Cc1ccc(-c2noc(COC(=O)COc3cccc(Cl)c3)n2)cc1. The lowest BCUT2D eigenvalue weighted by Gasteiger charge is -2.05. The van der Waals surface area contributed by atoms with Crippen LogP contribution in [0.5, 0.6) is 5.75 Å². The lowest BCUT2D eigenvalue weighted by Crippen LogP contribution is -2.14. The monoisotopic (exact) mass is 358 g/mol. The lowest BCUT2D eigenvalue weighted by molar-refractivity contribution is -0.148. The maximum Gasteiger partial charge on any atom is 0.344 e. The zero-order valence-corrected chi connectivity index (χ0v) is 14.2. The Bertz CT molecular complexity index is 862. The third-order valence-corrected chi connectivity index (χ3v) is 3.52. The number of carbonyl (C=O) groups excluding carboxylic acids is 1. The molecule has 1 heterocycles. The van der Waals surface area contributed by atoms with Gasteiger partial charge in [-0.1, -0.05) is 52.7 Å². The molecule has 25 heavy (non-hydrogen) atoms. The average molecular weight is 359 g/mol. The Labute approximate surface area is 149 Å². The molecular weight excluding hydrogens is 344 g/mol. The van der Waals surface area contributed by atoms with E-state index in [1.165, 1.54) is 0 Å². The van der Waals surface area contributed by atoms with Crippen LogP contribution in [0.3, 0.4) is 0 Å². The van der Waals surface area contributed by atoms with E-state index in [0.29, 0.717) is 16.6 Å². The van der Waals surface area contributed by atoms with Gasteiger partial charge >= 0.3 is 5.97 Å². The van der Waals surface area contributed by atoms with E-state index < -0.39 is 5.97 Å². The van der Waals surface area contributed by atoms with Crippen molar-refractivity contribution in [1.82, 2.24) is 10.1 Å². The number of nitrogens with zero attached hydrogens (tertiary/aromatic N) is 2. The van der Waals surface area contributed by atoms with Crippen LogP contribution in [0.15, 0.2) is 53.1 Å². The van der Waals surface area contributed by atoms with Crippen molar-refractivity contribution in [2.45, 2.75) is 13.5 Å². The average Bonchev–Trinajstić information content (AvgIpc) is 3.08. The van der Waals surface area contributed by atoms with Crippen LogP contribution in [-0.4, -0.2) is 22.7 Å². The molecule has 3 aromatic rings. The van der Waals surface area contributed by atoms with Crippen LogP contribution in [0.1, 0.15) is 11.5 Å². The number of carbonyl (C=O) groups is 1. The Morgan fingerprint density at radius 2 is 2.00 bits per heavy atom. The second-order valence-corrected chi connectivity index (χ2v) is 5.72. The number of hydrogen-bond acceptors (Lipinski definition) is 6. The first-order chi connectivity index (χ1) is 12.1. The molecule has 0 unspecified atom stereocenters. The predicted molar refractivity (Wildman–Crippen MR) is 91.2 cm³/mol. The number of aryl methyl sites for hydroxylation is 1. The second-order valence-electron chi connectivity index (χ2n) is 5.28. The van der Waals surface area contributed by atoms with Crippen molar-refractivity contribution in [2.24, 2.45) is 0 Å². The maximum absolute atomic E-state index is 11.7. The number of esters is 1. The molecule has 0 bridgehead atoms. The topological polar surface area (TPSA) is 74.5 Å². The summed E-state index contributed by atoms with van der Waals surface area (Å²) in [6, 6.07) is 14.5. The van der Waals surface area contributed by atoms with Crippen molar-refractivity contribution in [3.05, 3.63) is 65.0 Å². The highest BCUT2D eigenvalue weighted by Gasteiger charge is 2.11. The van der Waals surface area contributed by atoms with E-state index in [1.807, 2.05) is 31.2 Å². The molecule has 0 aliphatic heterocycles. The van der Waals surface area contributed by atoms with Crippen LogP contribution in [-0.2, 0) is 16.1 Å². The van der Waals surface area contributed by atoms with Gasteiger partial charge in [-0.25, -0.2) is 4.79 Å². The van der Waals surface area contributed by atoms with Crippen LogP contribution in [0.2, 0.25) is 5.02 Å². The Kier molecular flexibility index (Phi) is 5.30. The summed E-state index contributed by atoms with van der Waals surface area (Å²) in [6.07, 6.45) is 0. The molecule has 0 spiro atoms. The lowest BCUT2D eigenvalue weighted by atomic mass is 10.1. The van der Waals surface area contributed by atoms with E-state index in [0.717, 1.165) is 11.1 Å². The molecule has 0 N–H and O–H groups in total. The molecule has 0 aliphatic rings. The van der Waals surface area contributed by atoms with Gasteiger partial charge in [-0.3, -0.25) is 0 Å². The number of hydrogen-bond donors (Lipinski definition) is 0. The van der Waals surface area contributed by atoms with Gasteiger partial charge in [-0.15, -0.1) is 0 Å². The highest BCUT2D eigenvalue weighted by molar-refractivity contribution is 6.30. The minimum Gasteiger partial charge on any atom is -0.482 e. The van der Waals surface area contributed by atoms with Crippen LogP contribution >= 0.6 is 11.6 Å². The van der Waals surface area contributed by atoms with E-state index in [-0.39, 0.29) is 19.1 Å². The molecule has 3 rings (SSSR count). The van der Waals surface area contributed by atoms with Crippen LogP contribution in [0.4, 0.5) is 0 Å². The molecule has 0 saturated carbocycles. The first kappa shape index (κ1) is 17.0. The molecule has 0 amide bonds. The maximum atomic E-state index is 11.7. The van der Waals surface area contributed by atoms with Crippen molar-refractivity contribution in [3.8, 4) is 17.1 Å². The molecule has 6 nitrogen and oxygen atoms in total. The Hall–Kier alpha value is -2.86. The van der Waals surface area contributed by atoms with E-state index in [1.54, 1.807) is 24.3 Å². The zero-order chi connectivity index (χ0) is 17.6. The quantitative estimate of drug-likeness (QED) is 0.623. The molecule has 1 aromatic heterocycles. The molecule has 0 radical (unpaired) electrons. The van der Waals surface area contributed by atoms with E-state index in [9.17, 15) is 4.79 Å². The van der Waals surface area contributed by atoms with Crippen molar-refractivity contribution < 1.29 is 18.8 Å². The third-order valence-electron chi connectivity index (χ3n) is 3.29. The summed E-state index contributed by atoms with van der Waals surface area (Å²) >= 11 is 5.84. The fraction of sp³-hybridized carbons (Fsp3) is 0.167. The summed E-state index contributed by atoms with van der Waals surface area (Å²) < 4.78 is 15.4. The summed E-state index contributed by atoms with van der Waals surface area (Å²) in [4.78, 5) is 15.9. The number of halogens is 1. The first-order valence-electron chi connectivity index (χ1n) is 7.54. The number of rotatable bonds is 6. The van der Waals surface area contributed by atoms with Crippen molar-refractivity contribution in [2.75, 3.05) is 6.61 Å². The van der Waals surface area contributed by atoms with Crippen LogP contribution < -0.4 is 4.74 Å². The highest BCUT2D eigenvalue weighted by Crippen LogP contribution is 2.18. The number of aromatic nitrogens is 2. The van der Waals surface area contributed by atoms with E-state index >= 15 is 0 Å². The predicted octanol–water partition coefficient (Wildman–Crippen LogP) is 3.82. The molecule has 0 saturated heterocycles. The van der Waals surface area contributed by atoms with Gasteiger partial charge in [-0.2, -0.15) is 4.98 Å². The Balaban J connectivity index is 1.50. The van der Waals surface area contributed by atoms with E-state index in [4.69, 9.17) is 25.6 Å². The third kappa shape index (κ3) is 4.81. The summed E-state index contributed by atoms with van der Waals surface area (Å²) in [5, 5.41) is 4.40. The second kappa shape index (κ2) is 7.81. The molecule has 128 valence electrons. The summed E-state index contributed by atoms with van der Waals surface area (Å²) in [5.41, 5.74) is 1.97. The Morgan fingerprint density at radius 1 is 1.20 bits per heavy atom. The van der Waals surface area contributed by atoms with Gasteiger partial charge in [0.1, 0.15) is 5.75 Å². The first-order valence-corrected chi connectivity index (χ1v) is 7.91. The van der Waals surface area contributed by atoms with Gasteiger partial charge in [0, 0.05) is 10.6 Å². The molecular formula is C18H15ClN2O4. The van der Waals surface area contributed by atoms with Gasteiger partial charge in [0.15, 0.2) is 13.2 Å². The number of ether oxygens (including phenoxy) is 2. The molecule has 2 aromatic carbocycles. The van der Waals surface area contributed by atoms with Crippen molar-refractivity contribution in [3.63, 3.8) is 0 Å². The van der Waals surface area contributed by atoms with Crippen LogP contribution in [0, 0.1) is 6.92 Å². The van der Waals surface area contributed by atoms with Crippen LogP contribution in [0.25, 0.3) is 11.4 Å². The Morgan fingerprint density at radius 3 is 2.76 bits per heavy atom. The van der Waals surface area contributed by atoms with Gasteiger partial charge in [-0.05, 0) is 25.1 Å². The number of benzene rings is 2. The minimum absolute atomic E-state index is 0.114. The highest BCUT2D eigenvalue weighted by atomic mass is 35.5. The van der Waals surface area contributed by atoms with E-state index in [2.05, 4.69) is 10.1 Å². The van der Waals surface area contributed by atoms with Gasteiger partial charge in [0.2, 0.25) is 5.82 Å². The normalized spacial score (nSPS) is 10.5. The molecule has 7 heteroatoms. The largest absolute Gasteiger partial charge is 0.482 e. The molecule has 0 fully saturated rings. The fourth-order valence-corrected chi connectivity index (χ4v) is 2.20. The molecule has 0 atom stereocenters.